The Morgan fingerprint density at radius 3 is 2.63 bits per heavy atom. The highest BCUT2D eigenvalue weighted by atomic mass is 19.1. The quantitative estimate of drug-likeness (QED) is 0.561. The molecule has 2 unspecified atom stereocenters. The molecule has 0 aromatic heterocycles. The molecule has 0 bridgehead atoms. The maximum absolute atomic E-state index is 15.3. The van der Waals surface area contributed by atoms with Gasteiger partial charge in [0.05, 0.1) is 0 Å². The first-order valence-corrected chi connectivity index (χ1v) is 10.9. The van der Waals surface area contributed by atoms with Crippen LogP contribution in [-0.4, -0.2) is 41.0 Å². The lowest BCUT2D eigenvalue weighted by Gasteiger charge is -2.55. The van der Waals surface area contributed by atoms with E-state index in [2.05, 4.69) is 6.08 Å². The Hall–Kier alpha value is -1.82. The van der Waals surface area contributed by atoms with Crippen LogP contribution in [0.2, 0.25) is 0 Å². The number of hydrogen-bond donors (Lipinski definition) is 1. The van der Waals surface area contributed by atoms with Gasteiger partial charge < -0.3 is 9.84 Å². The van der Waals surface area contributed by atoms with Crippen molar-refractivity contribution in [2.45, 2.75) is 71.6 Å². The zero-order chi connectivity index (χ0) is 22.1. The largest absolute Gasteiger partial charge is 0.458 e. The van der Waals surface area contributed by atoms with Gasteiger partial charge in [-0.3, -0.25) is 14.4 Å². The van der Waals surface area contributed by atoms with E-state index in [1.54, 1.807) is 0 Å². The van der Waals surface area contributed by atoms with E-state index in [1.165, 1.54) is 18.6 Å². The molecule has 7 atom stereocenters. The average Bonchev–Trinajstić information content (AvgIpc) is 2.89. The lowest BCUT2D eigenvalue weighted by molar-refractivity contribution is -0.167. The van der Waals surface area contributed by atoms with Gasteiger partial charge in [0.1, 0.15) is 11.8 Å². The highest BCUT2D eigenvalue weighted by molar-refractivity contribution is 5.92. The molecular weight excluding hydrogens is 387 g/mol. The maximum Gasteiger partial charge on any atom is 0.303 e. The van der Waals surface area contributed by atoms with Crippen molar-refractivity contribution in [1.29, 1.82) is 0 Å². The molecule has 4 aliphatic carbocycles. The molecule has 0 radical (unpaired) electrons. The van der Waals surface area contributed by atoms with E-state index >= 15 is 4.39 Å². The minimum atomic E-state index is -1.62. The van der Waals surface area contributed by atoms with Crippen LogP contribution in [0.25, 0.3) is 0 Å². The number of hydrogen-bond acceptors (Lipinski definition) is 5. The number of Topliss-reactive ketones (excluding diaryl/α,β-unsaturated/α-hetero) is 1. The second kappa shape index (κ2) is 6.84. The second-order valence-corrected chi connectivity index (χ2v) is 10.2. The SMILES string of the molecule is CC(=O)OCC(=O)[C@@]1(O)C(C)C[C@H]2[C@@H]3CC(F)C4=CC(=O)CC[C@]4(C)C3=CC[C@@]21C. The van der Waals surface area contributed by atoms with E-state index in [0.717, 1.165) is 0 Å². The molecule has 1 N–H and O–H groups in total. The fraction of sp³-hybridized carbons (Fsp3) is 0.708. The number of carbonyl (C=O) groups excluding carboxylic acids is 3. The standard InChI is InChI=1S/C24H31FO5/c1-13-9-18-16-11-20(25)19-10-15(27)5-7-22(19,3)17(16)6-8-23(18,4)24(13,29)21(28)12-30-14(2)26/h6,10,13,16,18,20,29H,5,7-9,11-12H2,1-4H3/t13?,16-,18+,20?,22-,23+,24+/m1/s1. The molecular formula is C24H31FO5. The number of alkyl halides is 1. The average molecular weight is 419 g/mol. The molecule has 0 saturated heterocycles. The fourth-order valence-electron chi connectivity index (χ4n) is 7.08. The maximum atomic E-state index is 15.3. The smallest absolute Gasteiger partial charge is 0.303 e. The predicted octanol–water partition coefficient (Wildman–Crippen LogP) is 3.50. The van der Waals surface area contributed by atoms with Crippen LogP contribution in [-0.2, 0) is 19.1 Å². The monoisotopic (exact) mass is 418 g/mol. The number of ether oxygens (including phenoxy) is 1. The number of allylic oxidation sites excluding steroid dienone is 4. The van der Waals surface area contributed by atoms with Crippen LogP contribution in [0.15, 0.2) is 23.3 Å². The number of carbonyl (C=O) groups is 3. The van der Waals surface area contributed by atoms with E-state index in [9.17, 15) is 19.5 Å². The zero-order valence-corrected chi connectivity index (χ0v) is 18.2. The first-order valence-electron chi connectivity index (χ1n) is 10.9. The molecule has 2 fully saturated rings. The molecule has 164 valence electrons. The summed E-state index contributed by atoms with van der Waals surface area (Å²) in [6.45, 7) is 6.61. The number of rotatable bonds is 3. The highest BCUT2D eigenvalue weighted by Gasteiger charge is 2.68. The van der Waals surface area contributed by atoms with Gasteiger partial charge >= 0.3 is 5.97 Å². The second-order valence-electron chi connectivity index (χ2n) is 10.2. The summed E-state index contributed by atoms with van der Waals surface area (Å²) in [6, 6.07) is 0. The third-order valence-corrected chi connectivity index (χ3v) is 8.73. The fourth-order valence-corrected chi connectivity index (χ4v) is 7.08. The minimum absolute atomic E-state index is 0.00949. The van der Waals surface area contributed by atoms with Crippen molar-refractivity contribution in [2.24, 2.45) is 28.6 Å². The molecule has 0 aromatic carbocycles. The molecule has 4 aliphatic rings. The Bertz CT molecular complexity index is 875. The van der Waals surface area contributed by atoms with Crippen LogP contribution < -0.4 is 0 Å². The van der Waals surface area contributed by atoms with Crippen LogP contribution in [0.3, 0.4) is 0 Å². The van der Waals surface area contributed by atoms with E-state index in [-0.39, 0.29) is 30.0 Å². The van der Waals surface area contributed by atoms with Gasteiger partial charge in [-0.1, -0.05) is 32.4 Å². The van der Waals surface area contributed by atoms with E-state index in [1.807, 2.05) is 20.8 Å². The molecule has 0 amide bonds. The lowest BCUT2D eigenvalue weighted by atomic mass is 9.50. The summed E-state index contributed by atoms with van der Waals surface area (Å²) in [5, 5.41) is 11.7. The summed E-state index contributed by atoms with van der Waals surface area (Å²) < 4.78 is 20.2. The number of esters is 1. The number of ketones is 2. The van der Waals surface area contributed by atoms with Gasteiger partial charge in [0.15, 0.2) is 12.4 Å². The van der Waals surface area contributed by atoms with Crippen molar-refractivity contribution in [2.75, 3.05) is 6.61 Å². The van der Waals surface area contributed by atoms with Crippen molar-refractivity contribution < 1.29 is 28.6 Å². The van der Waals surface area contributed by atoms with E-state index in [4.69, 9.17) is 4.74 Å². The van der Waals surface area contributed by atoms with Crippen LogP contribution >= 0.6 is 0 Å². The van der Waals surface area contributed by atoms with E-state index in [0.29, 0.717) is 31.3 Å². The van der Waals surface area contributed by atoms with Crippen molar-refractivity contribution in [3.05, 3.63) is 23.3 Å². The summed E-state index contributed by atoms with van der Waals surface area (Å²) in [7, 11) is 0. The Morgan fingerprint density at radius 2 is 1.97 bits per heavy atom. The van der Waals surface area contributed by atoms with Crippen molar-refractivity contribution in [1.82, 2.24) is 0 Å². The third kappa shape index (κ3) is 2.72. The molecule has 2 saturated carbocycles. The normalized spacial score (nSPS) is 44.9. The molecule has 0 aromatic rings. The highest BCUT2D eigenvalue weighted by Crippen LogP contribution is 2.67. The Balaban J connectivity index is 1.73. The third-order valence-electron chi connectivity index (χ3n) is 8.73. The summed E-state index contributed by atoms with van der Waals surface area (Å²) in [5.41, 5.74) is -1.08. The first-order chi connectivity index (χ1) is 13.9. The summed E-state index contributed by atoms with van der Waals surface area (Å²) in [6.07, 6.45) is 4.83. The van der Waals surface area contributed by atoms with Crippen molar-refractivity contribution in [3.63, 3.8) is 0 Å². The van der Waals surface area contributed by atoms with Gasteiger partial charge in [0.2, 0.25) is 5.78 Å². The topological polar surface area (TPSA) is 80.7 Å². The van der Waals surface area contributed by atoms with Gasteiger partial charge in [0.25, 0.3) is 0 Å². The Labute approximate surface area is 176 Å². The first kappa shape index (κ1) is 21.4. The zero-order valence-electron chi connectivity index (χ0n) is 18.2. The van der Waals surface area contributed by atoms with Gasteiger partial charge in [-0.15, -0.1) is 0 Å². The lowest BCUT2D eigenvalue weighted by Crippen LogP contribution is -2.58. The van der Waals surface area contributed by atoms with Gasteiger partial charge in [-0.05, 0) is 55.1 Å². The summed E-state index contributed by atoms with van der Waals surface area (Å²) >= 11 is 0. The minimum Gasteiger partial charge on any atom is -0.458 e. The van der Waals surface area contributed by atoms with Crippen LogP contribution in [0.4, 0.5) is 4.39 Å². The van der Waals surface area contributed by atoms with Gasteiger partial charge in [0, 0.05) is 24.2 Å². The number of halogens is 1. The molecule has 6 heteroatoms. The van der Waals surface area contributed by atoms with Crippen molar-refractivity contribution in [3.8, 4) is 0 Å². The van der Waals surface area contributed by atoms with E-state index < -0.39 is 41.0 Å². The predicted molar refractivity (Wildman–Crippen MR) is 108 cm³/mol. The van der Waals surface area contributed by atoms with Crippen LogP contribution in [0.5, 0.6) is 0 Å². The summed E-state index contributed by atoms with van der Waals surface area (Å²) in [4.78, 5) is 36.2. The molecule has 4 rings (SSSR count). The number of aliphatic hydroxyl groups is 1. The molecule has 0 heterocycles. The number of fused-ring (bicyclic) bond motifs is 5. The van der Waals surface area contributed by atoms with Crippen molar-refractivity contribution >= 4 is 17.5 Å². The Morgan fingerprint density at radius 1 is 1.27 bits per heavy atom. The molecule has 30 heavy (non-hydrogen) atoms. The summed E-state index contributed by atoms with van der Waals surface area (Å²) in [5.74, 6) is -1.49. The molecule has 0 spiro atoms. The van der Waals surface area contributed by atoms with Crippen LogP contribution in [0.1, 0.15) is 59.8 Å². The van der Waals surface area contributed by atoms with Crippen LogP contribution in [0, 0.1) is 28.6 Å². The van der Waals surface area contributed by atoms with Gasteiger partial charge in [-0.25, -0.2) is 4.39 Å². The van der Waals surface area contributed by atoms with Gasteiger partial charge in [-0.2, -0.15) is 0 Å². The molecule has 5 nitrogen and oxygen atoms in total. The molecule has 0 aliphatic heterocycles. The Kier molecular flexibility index (Phi) is 4.88.